The fourth-order valence-corrected chi connectivity index (χ4v) is 3.32. The van der Waals surface area contributed by atoms with Gasteiger partial charge in [-0.3, -0.25) is 14.2 Å². The van der Waals surface area contributed by atoms with E-state index in [2.05, 4.69) is 9.72 Å². The summed E-state index contributed by atoms with van der Waals surface area (Å²) in [5.74, 6) is 0.0953. The number of carbonyl (C=O) groups excluding carboxylic acids is 1. The van der Waals surface area contributed by atoms with Gasteiger partial charge in [-0.25, -0.2) is 4.98 Å². The molecule has 0 unspecified atom stereocenters. The van der Waals surface area contributed by atoms with Gasteiger partial charge < -0.3 is 9.47 Å². The SMILES string of the molecule is COc1ccc(-c2cc3ncn(CC(=O)OCC#N)c(=O)c3s2)cc1. The number of methoxy groups -OCH3 is 1. The van der Waals surface area contributed by atoms with Crippen molar-refractivity contribution in [3.63, 3.8) is 0 Å². The lowest BCUT2D eigenvalue weighted by atomic mass is 10.2. The van der Waals surface area contributed by atoms with Crippen molar-refractivity contribution in [2.45, 2.75) is 6.54 Å². The van der Waals surface area contributed by atoms with Crippen molar-refractivity contribution in [3.05, 3.63) is 47.0 Å². The highest BCUT2D eigenvalue weighted by Gasteiger charge is 2.13. The summed E-state index contributed by atoms with van der Waals surface area (Å²) in [4.78, 5) is 29.2. The van der Waals surface area contributed by atoms with E-state index in [4.69, 9.17) is 10.00 Å². The van der Waals surface area contributed by atoms with Crippen LogP contribution in [0.15, 0.2) is 41.5 Å². The zero-order valence-corrected chi connectivity index (χ0v) is 14.1. The topological polar surface area (TPSA) is 94.2 Å². The molecular weight excluding hydrogens is 342 g/mol. The van der Waals surface area contributed by atoms with Gasteiger partial charge in [-0.05, 0) is 35.9 Å². The van der Waals surface area contributed by atoms with E-state index in [1.165, 1.54) is 22.2 Å². The van der Waals surface area contributed by atoms with Gasteiger partial charge in [0.15, 0.2) is 6.61 Å². The molecule has 0 saturated carbocycles. The summed E-state index contributed by atoms with van der Waals surface area (Å²) in [6.45, 7) is -0.622. The molecule has 2 heterocycles. The van der Waals surface area contributed by atoms with E-state index in [1.54, 1.807) is 13.2 Å². The maximum atomic E-state index is 12.5. The van der Waals surface area contributed by atoms with E-state index >= 15 is 0 Å². The Morgan fingerprint density at radius 3 is 2.80 bits per heavy atom. The molecule has 0 aliphatic rings. The summed E-state index contributed by atoms with van der Waals surface area (Å²) in [6.07, 6.45) is 1.31. The van der Waals surface area contributed by atoms with Crippen LogP contribution in [0.1, 0.15) is 0 Å². The number of nitrogens with zero attached hydrogens (tertiary/aromatic N) is 3. The van der Waals surface area contributed by atoms with Gasteiger partial charge in [-0.1, -0.05) is 0 Å². The first kappa shape index (κ1) is 16.7. The lowest BCUT2D eigenvalue weighted by Crippen LogP contribution is -2.25. The van der Waals surface area contributed by atoms with Crippen LogP contribution < -0.4 is 10.3 Å². The van der Waals surface area contributed by atoms with Crippen molar-refractivity contribution in [2.75, 3.05) is 13.7 Å². The number of esters is 1. The third-order valence-corrected chi connectivity index (χ3v) is 4.64. The molecule has 0 radical (unpaired) electrons. The van der Waals surface area contributed by atoms with E-state index in [9.17, 15) is 9.59 Å². The second-order valence-corrected chi connectivity index (χ2v) is 6.10. The summed E-state index contributed by atoms with van der Waals surface area (Å²) in [6, 6.07) is 11.0. The number of aromatic nitrogens is 2. The number of thiophene rings is 1. The molecule has 1 aromatic carbocycles. The van der Waals surface area contributed by atoms with Crippen LogP contribution in [0.2, 0.25) is 0 Å². The first-order chi connectivity index (χ1) is 12.1. The van der Waals surface area contributed by atoms with Crippen molar-refractivity contribution in [1.82, 2.24) is 9.55 Å². The smallest absolute Gasteiger partial charge is 0.327 e. The van der Waals surface area contributed by atoms with Crippen LogP contribution >= 0.6 is 11.3 Å². The Kier molecular flexibility index (Phi) is 4.77. The maximum absolute atomic E-state index is 12.5. The Hall–Kier alpha value is -3.18. The molecule has 0 fully saturated rings. The van der Waals surface area contributed by atoms with Gasteiger partial charge in [0, 0.05) is 4.88 Å². The minimum absolute atomic E-state index is 0.279. The zero-order valence-electron chi connectivity index (χ0n) is 13.3. The van der Waals surface area contributed by atoms with Gasteiger partial charge in [0.2, 0.25) is 0 Å². The molecule has 0 saturated heterocycles. The largest absolute Gasteiger partial charge is 0.497 e. The third kappa shape index (κ3) is 3.51. The number of carbonyl (C=O) groups is 1. The molecule has 0 amide bonds. The molecule has 25 heavy (non-hydrogen) atoms. The van der Waals surface area contributed by atoms with Gasteiger partial charge in [-0.2, -0.15) is 5.26 Å². The van der Waals surface area contributed by atoms with E-state index < -0.39 is 5.97 Å². The number of benzene rings is 1. The first-order valence-electron chi connectivity index (χ1n) is 7.28. The van der Waals surface area contributed by atoms with Crippen LogP contribution in [-0.4, -0.2) is 29.2 Å². The fourth-order valence-electron chi connectivity index (χ4n) is 2.25. The van der Waals surface area contributed by atoms with Crippen molar-refractivity contribution in [1.29, 1.82) is 5.26 Å². The highest BCUT2D eigenvalue weighted by molar-refractivity contribution is 7.22. The monoisotopic (exact) mass is 355 g/mol. The zero-order chi connectivity index (χ0) is 17.8. The van der Waals surface area contributed by atoms with E-state index in [0.717, 1.165) is 16.2 Å². The van der Waals surface area contributed by atoms with Crippen LogP contribution in [-0.2, 0) is 16.1 Å². The molecule has 8 heteroatoms. The third-order valence-electron chi connectivity index (χ3n) is 3.48. The first-order valence-corrected chi connectivity index (χ1v) is 8.10. The summed E-state index contributed by atoms with van der Waals surface area (Å²) < 4.78 is 11.4. The lowest BCUT2D eigenvalue weighted by Gasteiger charge is -2.03. The predicted molar refractivity (Wildman–Crippen MR) is 92.4 cm³/mol. The quantitative estimate of drug-likeness (QED) is 0.651. The number of fused-ring (bicyclic) bond motifs is 1. The van der Waals surface area contributed by atoms with E-state index in [0.29, 0.717) is 10.2 Å². The Bertz CT molecular complexity index is 1020. The van der Waals surface area contributed by atoms with Crippen LogP contribution in [0.3, 0.4) is 0 Å². The van der Waals surface area contributed by atoms with Gasteiger partial charge in [-0.15, -0.1) is 11.3 Å². The predicted octanol–water partition coefficient (Wildman–Crippen LogP) is 2.20. The van der Waals surface area contributed by atoms with Gasteiger partial charge in [0.05, 0.1) is 19.0 Å². The molecule has 0 bridgehead atoms. The van der Waals surface area contributed by atoms with E-state index in [1.807, 2.05) is 30.3 Å². The maximum Gasteiger partial charge on any atom is 0.327 e. The van der Waals surface area contributed by atoms with E-state index in [-0.39, 0.29) is 18.7 Å². The average molecular weight is 355 g/mol. The summed E-state index contributed by atoms with van der Waals surface area (Å²) in [7, 11) is 1.60. The number of nitriles is 1. The van der Waals surface area contributed by atoms with Gasteiger partial charge in [0.25, 0.3) is 5.56 Å². The molecule has 3 rings (SSSR count). The minimum atomic E-state index is -0.656. The molecular formula is C17H13N3O4S. The Morgan fingerprint density at radius 2 is 2.12 bits per heavy atom. The Labute approximate surface area is 146 Å². The van der Waals surface area contributed by atoms with Gasteiger partial charge in [0.1, 0.15) is 23.1 Å². The molecule has 7 nitrogen and oxygen atoms in total. The lowest BCUT2D eigenvalue weighted by molar-refractivity contribution is -0.143. The molecule has 0 N–H and O–H groups in total. The van der Waals surface area contributed by atoms with Crippen LogP contribution in [0.25, 0.3) is 20.7 Å². The molecule has 126 valence electrons. The highest BCUT2D eigenvalue weighted by atomic mass is 32.1. The molecule has 3 aromatic rings. The number of rotatable bonds is 5. The van der Waals surface area contributed by atoms with Crippen LogP contribution in [0.4, 0.5) is 0 Å². The number of hydrogen-bond donors (Lipinski definition) is 0. The number of hydrogen-bond acceptors (Lipinski definition) is 7. The second-order valence-electron chi connectivity index (χ2n) is 5.05. The Morgan fingerprint density at radius 1 is 1.36 bits per heavy atom. The van der Waals surface area contributed by atoms with Crippen molar-refractivity contribution < 1.29 is 14.3 Å². The highest BCUT2D eigenvalue weighted by Crippen LogP contribution is 2.31. The standard InChI is InChI=1S/C17H13N3O4S/c1-23-12-4-2-11(3-5-12)14-8-13-16(25-14)17(22)20(10-19-13)9-15(21)24-7-6-18/h2-5,8,10H,7,9H2,1H3. The van der Waals surface area contributed by atoms with Gasteiger partial charge >= 0.3 is 5.97 Å². The molecule has 0 aliphatic carbocycles. The molecule has 0 spiro atoms. The fraction of sp³-hybridized carbons (Fsp3) is 0.176. The molecule has 0 aliphatic heterocycles. The normalized spacial score (nSPS) is 10.4. The van der Waals surface area contributed by atoms with Crippen molar-refractivity contribution >= 4 is 27.5 Å². The molecule has 2 aromatic heterocycles. The average Bonchev–Trinajstić information content (AvgIpc) is 3.07. The Balaban J connectivity index is 1.92. The van der Waals surface area contributed by atoms with Crippen LogP contribution in [0, 0.1) is 11.3 Å². The number of ether oxygens (including phenoxy) is 2. The van der Waals surface area contributed by atoms with Crippen LogP contribution in [0.5, 0.6) is 5.75 Å². The summed E-state index contributed by atoms with van der Waals surface area (Å²) in [5.41, 5.74) is 1.20. The van der Waals surface area contributed by atoms with Crippen molar-refractivity contribution in [3.8, 4) is 22.3 Å². The summed E-state index contributed by atoms with van der Waals surface area (Å²) in [5, 5.41) is 8.41. The van der Waals surface area contributed by atoms with Crippen molar-refractivity contribution in [2.24, 2.45) is 0 Å². The second kappa shape index (κ2) is 7.15. The minimum Gasteiger partial charge on any atom is -0.497 e. The summed E-state index contributed by atoms with van der Waals surface area (Å²) >= 11 is 1.31. The molecule has 0 atom stereocenters.